The number of aromatic nitrogens is 1. The molecule has 0 radical (unpaired) electrons. The average Bonchev–Trinajstić information content (AvgIpc) is 2.92. The van der Waals surface area contributed by atoms with Crippen LogP contribution in [0.25, 0.3) is 11.3 Å². The summed E-state index contributed by atoms with van der Waals surface area (Å²) in [6.45, 7) is 12.2. The third-order valence-electron chi connectivity index (χ3n) is 7.24. The first-order valence-corrected chi connectivity index (χ1v) is 13.7. The van der Waals surface area contributed by atoms with Crippen LogP contribution in [0.1, 0.15) is 31.9 Å². The Morgan fingerprint density at radius 3 is 2.62 bits per heavy atom. The van der Waals surface area contributed by atoms with Gasteiger partial charge in [-0.25, -0.2) is 14.4 Å². The fourth-order valence-corrected chi connectivity index (χ4v) is 5.66. The number of aliphatic imine (C=N–C) groups is 1. The number of halogens is 2. The highest BCUT2D eigenvalue weighted by molar-refractivity contribution is 6.33. The van der Waals surface area contributed by atoms with Gasteiger partial charge in [0.25, 0.3) is 0 Å². The maximum atomic E-state index is 14.9. The van der Waals surface area contributed by atoms with Gasteiger partial charge in [-0.15, -0.1) is 0 Å². The van der Waals surface area contributed by atoms with E-state index in [-0.39, 0.29) is 17.8 Å². The number of hydrogen-bond acceptors (Lipinski definition) is 5. The van der Waals surface area contributed by atoms with Crippen molar-refractivity contribution in [1.29, 1.82) is 0 Å². The molecule has 0 bridgehead atoms. The number of piperazine rings is 1. The molecule has 202 valence electrons. The lowest BCUT2D eigenvalue weighted by molar-refractivity contribution is -0.128. The summed E-state index contributed by atoms with van der Waals surface area (Å²) in [5.74, 6) is 1.50. The van der Waals surface area contributed by atoms with Gasteiger partial charge in [-0.2, -0.15) is 0 Å². The minimum atomic E-state index is -0.375. The van der Waals surface area contributed by atoms with Crippen LogP contribution in [0.5, 0.6) is 0 Å². The molecule has 0 spiro atoms. The Hall–Kier alpha value is -3.71. The first-order chi connectivity index (χ1) is 18.8. The van der Waals surface area contributed by atoms with Gasteiger partial charge in [0, 0.05) is 36.9 Å². The van der Waals surface area contributed by atoms with Crippen molar-refractivity contribution in [3.63, 3.8) is 0 Å². The molecule has 0 N–H and O–H groups in total. The third kappa shape index (κ3) is 5.28. The first-order valence-electron chi connectivity index (χ1n) is 13.3. The molecule has 1 amide bonds. The molecule has 2 aliphatic heterocycles. The standard InChI is InChI=1S/C31H33ClFN5O/c1-5-28(39)36-14-15-37(21(4)18-36)30-24-17-25(32)29(23-11-7-8-12-26(23)33)35-31(24)38(19-34-30)27-13-9-6-10-22(27)16-20(2)3/h5-13,17,20-21H,1,14-16,18-19H2,2-4H3/t21-/m0/s1. The van der Waals surface area contributed by atoms with Gasteiger partial charge in [-0.1, -0.05) is 62.4 Å². The second-order valence-electron chi connectivity index (χ2n) is 10.5. The molecule has 1 aromatic heterocycles. The van der Waals surface area contributed by atoms with E-state index in [0.29, 0.717) is 54.3 Å². The summed E-state index contributed by atoms with van der Waals surface area (Å²) in [6.07, 6.45) is 2.26. The van der Waals surface area contributed by atoms with E-state index in [4.69, 9.17) is 21.6 Å². The SMILES string of the molecule is C=CC(=O)N1CCN(C2=NCN(c3ccccc3CC(C)C)c3nc(-c4ccccc4F)c(Cl)cc32)[C@@H](C)C1. The molecule has 8 heteroatoms. The molecule has 2 aliphatic rings. The fraction of sp³-hybridized carbons (Fsp3) is 0.323. The second-order valence-corrected chi connectivity index (χ2v) is 10.9. The van der Waals surface area contributed by atoms with Gasteiger partial charge in [-0.3, -0.25) is 4.79 Å². The van der Waals surface area contributed by atoms with Crippen molar-refractivity contribution in [3.8, 4) is 11.3 Å². The highest BCUT2D eigenvalue weighted by atomic mass is 35.5. The van der Waals surface area contributed by atoms with Crippen LogP contribution in [-0.4, -0.2) is 58.9 Å². The first kappa shape index (κ1) is 26.9. The molecular weight excluding hydrogens is 513 g/mol. The molecule has 2 aromatic carbocycles. The van der Waals surface area contributed by atoms with Crippen LogP contribution >= 0.6 is 11.6 Å². The number of hydrogen-bond donors (Lipinski definition) is 0. The minimum absolute atomic E-state index is 0.0269. The van der Waals surface area contributed by atoms with E-state index >= 15 is 0 Å². The number of amidine groups is 1. The maximum absolute atomic E-state index is 14.9. The molecule has 0 unspecified atom stereocenters. The Morgan fingerprint density at radius 1 is 1.15 bits per heavy atom. The molecule has 3 aromatic rings. The number of carbonyl (C=O) groups is 1. The zero-order valence-corrected chi connectivity index (χ0v) is 23.3. The number of fused-ring (bicyclic) bond motifs is 1. The highest BCUT2D eigenvalue weighted by Crippen LogP contribution is 2.39. The summed E-state index contributed by atoms with van der Waals surface area (Å²) in [7, 11) is 0. The van der Waals surface area contributed by atoms with Crippen molar-refractivity contribution in [2.24, 2.45) is 10.9 Å². The highest BCUT2D eigenvalue weighted by Gasteiger charge is 2.34. The number of carbonyl (C=O) groups excluding carboxylic acids is 1. The van der Waals surface area contributed by atoms with Gasteiger partial charge < -0.3 is 14.7 Å². The largest absolute Gasteiger partial charge is 0.350 e. The Balaban J connectivity index is 1.62. The van der Waals surface area contributed by atoms with E-state index in [0.717, 1.165) is 23.5 Å². The number of benzene rings is 2. The summed E-state index contributed by atoms with van der Waals surface area (Å²) in [6, 6.07) is 16.7. The van der Waals surface area contributed by atoms with E-state index < -0.39 is 0 Å². The van der Waals surface area contributed by atoms with Crippen molar-refractivity contribution in [1.82, 2.24) is 14.8 Å². The van der Waals surface area contributed by atoms with Crippen molar-refractivity contribution < 1.29 is 9.18 Å². The van der Waals surface area contributed by atoms with E-state index in [1.165, 1.54) is 17.7 Å². The van der Waals surface area contributed by atoms with Crippen LogP contribution in [0, 0.1) is 11.7 Å². The summed E-state index contributed by atoms with van der Waals surface area (Å²) >= 11 is 6.80. The Morgan fingerprint density at radius 2 is 1.90 bits per heavy atom. The minimum Gasteiger partial charge on any atom is -0.350 e. The zero-order chi connectivity index (χ0) is 27.7. The monoisotopic (exact) mass is 545 g/mol. The number of rotatable bonds is 5. The fourth-order valence-electron chi connectivity index (χ4n) is 5.41. The molecule has 1 fully saturated rings. The van der Waals surface area contributed by atoms with Crippen molar-refractivity contribution in [3.05, 3.63) is 89.2 Å². The van der Waals surface area contributed by atoms with E-state index in [2.05, 4.69) is 49.3 Å². The maximum Gasteiger partial charge on any atom is 0.246 e. The van der Waals surface area contributed by atoms with Gasteiger partial charge in [-0.05, 0) is 55.2 Å². The summed E-state index contributed by atoms with van der Waals surface area (Å²) in [4.78, 5) is 28.4. The van der Waals surface area contributed by atoms with Crippen LogP contribution < -0.4 is 4.90 Å². The predicted octanol–water partition coefficient (Wildman–Crippen LogP) is 6.31. The van der Waals surface area contributed by atoms with Gasteiger partial charge in [0.05, 0.1) is 16.3 Å². The smallest absolute Gasteiger partial charge is 0.246 e. The zero-order valence-electron chi connectivity index (χ0n) is 22.6. The molecule has 6 nitrogen and oxygen atoms in total. The van der Waals surface area contributed by atoms with Crippen LogP contribution in [-0.2, 0) is 11.2 Å². The second kappa shape index (κ2) is 11.2. The number of nitrogens with zero attached hydrogens (tertiary/aromatic N) is 5. The number of pyridine rings is 1. The lowest BCUT2D eigenvalue weighted by Crippen LogP contribution is -2.56. The quantitative estimate of drug-likeness (QED) is 0.352. The Kier molecular flexibility index (Phi) is 7.71. The van der Waals surface area contributed by atoms with Gasteiger partial charge in [0.15, 0.2) is 0 Å². The average molecular weight is 546 g/mol. The molecule has 3 heterocycles. The lowest BCUT2D eigenvalue weighted by Gasteiger charge is -2.43. The topological polar surface area (TPSA) is 52.0 Å². The van der Waals surface area contributed by atoms with E-state index in [1.807, 2.05) is 18.2 Å². The van der Waals surface area contributed by atoms with Gasteiger partial charge >= 0.3 is 0 Å². The third-order valence-corrected chi connectivity index (χ3v) is 7.53. The van der Waals surface area contributed by atoms with Crippen molar-refractivity contribution >= 4 is 34.8 Å². The van der Waals surface area contributed by atoms with Crippen LogP contribution in [0.2, 0.25) is 5.02 Å². The molecule has 0 aliphatic carbocycles. The summed E-state index contributed by atoms with van der Waals surface area (Å²) in [5.41, 5.74) is 3.77. The van der Waals surface area contributed by atoms with Gasteiger partial charge in [0.1, 0.15) is 24.1 Å². The van der Waals surface area contributed by atoms with Crippen molar-refractivity contribution in [2.45, 2.75) is 33.2 Å². The van der Waals surface area contributed by atoms with E-state index in [9.17, 15) is 9.18 Å². The molecular formula is C31H33ClFN5O. The van der Waals surface area contributed by atoms with E-state index in [1.54, 1.807) is 23.1 Å². The number of anilines is 2. The lowest BCUT2D eigenvalue weighted by atomic mass is 10.00. The molecule has 39 heavy (non-hydrogen) atoms. The van der Waals surface area contributed by atoms with Crippen LogP contribution in [0.15, 0.2) is 72.2 Å². The Bertz CT molecular complexity index is 1440. The van der Waals surface area contributed by atoms with Crippen LogP contribution in [0.3, 0.4) is 0 Å². The number of para-hydroxylation sites is 1. The summed E-state index contributed by atoms with van der Waals surface area (Å²) in [5, 5.41) is 0.358. The van der Waals surface area contributed by atoms with Crippen molar-refractivity contribution in [2.75, 3.05) is 31.2 Å². The number of amides is 1. The molecule has 1 saturated heterocycles. The van der Waals surface area contributed by atoms with Crippen LogP contribution in [0.4, 0.5) is 15.9 Å². The predicted molar refractivity (Wildman–Crippen MR) is 156 cm³/mol. The molecule has 0 saturated carbocycles. The Labute approximate surface area is 234 Å². The normalized spacial score (nSPS) is 17.2. The molecule has 5 rings (SSSR count). The van der Waals surface area contributed by atoms with Gasteiger partial charge in [0.2, 0.25) is 5.91 Å². The molecule has 1 atom stereocenters. The summed E-state index contributed by atoms with van der Waals surface area (Å²) < 4.78 is 14.9.